The number of hydrogen-bond acceptors (Lipinski definition) is 7. The van der Waals surface area contributed by atoms with E-state index in [2.05, 4.69) is 5.32 Å². The molecule has 0 bridgehead atoms. The van der Waals surface area contributed by atoms with Crippen LogP contribution in [0.4, 0.5) is 0 Å². The fourth-order valence-electron chi connectivity index (χ4n) is 3.29. The van der Waals surface area contributed by atoms with Crippen LogP contribution in [0.1, 0.15) is 6.42 Å². The highest BCUT2D eigenvalue weighted by molar-refractivity contribution is 7.91. The Hall–Kier alpha value is -3.07. The third kappa shape index (κ3) is 3.53. The van der Waals surface area contributed by atoms with Crippen LogP contribution < -0.4 is 15.5 Å². The van der Waals surface area contributed by atoms with Crippen LogP contribution in [0, 0.1) is 0 Å². The second kappa shape index (κ2) is 6.83. The average Bonchev–Trinajstić information content (AvgIpc) is 2.98. The first kappa shape index (κ1) is 18.3. The molecule has 2 heterocycles. The van der Waals surface area contributed by atoms with Gasteiger partial charge in [0.2, 0.25) is 5.43 Å². The molecule has 0 saturated carbocycles. The molecule has 0 spiro atoms. The van der Waals surface area contributed by atoms with Gasteiger partial charge in [-0.3, -0.25) is 9.59 Å². The maximum absolute atomic E-state index is 12.6. The second-order valence-corrected chi connectivity index (χ2v) is 8.93. The Morgan fingerprint density at radius 1 is 1.25 bits per heavy atom. The summed E-state index contributed by atoms with van der Waals surface area (Å²) in [4.78, 5) is 24.6. The highest BCUT2D eigenvalue weighted by Crippen LogP contribution is 2.30. The van der Waals surface area contributed by atoms with Crippen LogP contribution in [-0.4, -0.2) is 43.6 Å². The molecule has 9 heteroatoms. The van der Waals surface area contributed by atoms with Crippen molar-refractivity contribution >= 4 is 37.7 Å². The molecule has 2 N–H and O–H groups in total. The van der Waals surface area contributed by atoms with Gasteiger partial charge in [-0.15, -0.1) is 0 Å². The van der Waals surface area contributed by atoms with E-state index in [0.717, 1.165) is 0 Å². The monoisotopic (exact) mass is 403 g/mol. The minimum Gasteiger partial charge on any atom is -0.507 e. The Balaban J connectivity index is 1.54. The molecule has 1 amide bonds. The van der Waals surface area contributed by atoms with E-state index < -0.39 is 21.8 Å². The summed E-state index contributed by atoms with van der Waals surface area (Å²) in [6.45, 7) is -0.362. The summed E-state index contributed by atoms with van der Waals surface area (Å²) in [6.07, 6.45) is 0.378. The number of aromatic hydroxyl groups is 1. The van der Waals surface area contributed by atoms with Gasteiger partial charge in [-0.25, -0.2) is 8.42 Å². The van der Waals surface area contributed by atoms with Crippen molar-refractivity contribution in [2.45, 2.75) is 12.5 Å². The first-order valence-electron chi connectivity index (χ1n) is 8.63. The number of phenolic OH excluding ortho intramolecular Hbond substituents is 1. The number of carbonyl (C=O) groups excluding carboxylic acids is 1. The lowest BCUT2D eigenvalue weighted by Gasteiger charge is -2.12. The van der Waals surface area contributed by atoms with Gasteiger partial charge in [0.05, 0.1) is 16.9 Å². The van der Waals surface area contributed by atoms with Gasteiger partial charge >= 0.3 is 0 Å². The maximum atomic E-state index is 12.6. The Bertz CT molecular complexity index is 1250. The zero-order chi connectivity index (χ0) is 19.9. The first-order chi connectivity index (χ1) is 13.3. The lowest BCUT2D eigenvalue weighted by Crippen LogP contribution is -2.38. The summed E-state index contributed by atoms with van der Waals surface area (Å²) in [5, 5.41) is 13.2. The van der Waals surface area contributed by atoms with Gasteiger partial charge in [-0.2, -0.15) is 0 Å². The number of ether oxygens (including phenoxy) is 1. The summed E-state index contributed by atoms with van der Waals surface area (Å²) in [6, 6.07) is 8.92. The Morgan fingerprint density at radius 3 is 2.79 bits per heavy atom. The molecular formula is C19H17NO7S. The summed E-state index contributed by atoms with van der Waals surface area (Å²) in [5.74, 6) is -0.647. The third-order valence-corrected chi connectivity index (χ3v) is 6.37. The predicted octanol–water partition coefficient (Wildman–Crippen LogP) is 1.33. The fourth-order valence-corrected chi connectivity index (χ4v) is 4.97. The zero-order valence-corrected chi connectivity index (χ0v) is 15.5. The number of sulfone groups is 1. The lowest BCUT2D eigenvalue weighted by molar-refractivity contribution is -0.123. The summed E-state index contributed by atoms with van der Waals surface area (Å²) < 4.78 is 33.9. The molecule has 1 unspecified atom stereocenters. The number of rotatable bonds is 4. The molecule has 1 aromatic heterocycles. The fraction of sp³-hybridized carbons (Fsp3) is 0.263. The molecule has 2 aromatic carbocycles. The van der Waals surface area contributed by atoms with E-state index in [9.17, 15) is 23.1 Å². The lowest BCUT2D eigenvalue weighted by atomic mass is 10.1. The van der Waals surface area contributed by atoms with Crippen LogP contribution in [0.3, 0.4) is 0 Å². The largest absolute Gasteiger partial charge is 0.507 e. The first-order valence-corrected chi connectivity index (χ1v) is 10.5. The number of fused-ring (bicyclic) bond motifs is 2. The van der Waals surface area contributed by atoms with Crippen molar-refractivity contribution in [2.75, 3.05) is 18.1 Å². The molecule has 3 aromatic rings. The number of carbonyl (C=O) groups is 1. The van der Waals surface area contributed by atoms with Gasteiger partial charge < -0.3 is 19.6 Å². The molecule has 1 aliphatic rings. The number of nitrogens with one attached hydrogen (secondary N) is 1. The molecule has 8 nitrogen and oxygen atoms in total. The maximum Gasteiger partial charge on any atom is 0.258 e. The standard InChI is InChI=1S/C19H17NO7S/c21-14-7-12(26-9-17(22)20-11-5-6-28(24,25)10-11)8-16-18(14)19(23)13-3-1-2-4-15(13)27-16/h1-4,7-8,11,21H,5-6,9-10H2,(H,20,22). The molecule has 1 atom stereocenters. The van der Waals surface area contributed by atoms with Crippen molar-refractivity contribution in [3.8, 4) is 11.5 Å². The van der Waals surface area contributed by atoms with Gasteiger partial charge in [0.15, 0.2) is 16.4 Å². The van der Waals surface area contributed by atoms with Crippen molar-refractivity contribution < 1.29 is 27.5 Å². The average molecular weight is 403 g/mol. The number of para-hydroxylation sites is 1. The summed E-state index contributed by atoms with van der Waals surface area (Å²) in [5.41, 5.74) is 0.152. The number of benzene rings is 2. The van der Waals surface area contributed by atoms with E-state index in [1.807, 2.05) is 0 Å². The van der Waals surface area contributed by atoms with Crippen molar-refractivity contribution in [3.05, 3.63) is 46.6 Å². The number of phenols is 1. The highest BCUT2D eigenvalue weighted by Gasteiger charge is 2.28. The smallest absolute Gasteiger partial charge is 0.258 e. The molecule has 1 aliphatic heterocycles. The summed E-state index contributed by atoms with van der Waals surface area (Å²) >= 11 is 0. The van der Waals surface area contributed by atoms with Crippen LogP contribution in [0.15, 0.2) is 45.6 Å². The van der Waals surface area contributed by atoms with Crippen molar-refractivity contribution in [2.24, 2.45) is 0 Å². The zero-order valence-electron chi connectivity index (χ0n) is 14.7. The molecular weight excluding hydrogens is 386 g/mol. The molecule has 1 fully saturated rings. The Morgan fingerprint density at radius 2 is 2.04 bits per heavy atom. The van der Waals surface area contributed by atoms with E-state index in [1.165, 1.54) is 12.1 Å². The minimum atomic E-state index is -3.09. The Kier molecular flexibility index (Phi) is 4.46. The van der Waals surface area contributed by atoms with Crippen LogP contribution in [0.25, 0.3) is 21.9 Å². The molecule has 1 saturated heterocycles. The van der Waals surface area contributed by atoms with Gasteiger partial charge in [0.25, 0.3) is 5.91 Å². The van der Waals surface area contributed by atoms with Crippen LogP contribution in [-0.2, 0) is 14.6 Å². The number of hydrogen-bond donors (Lipinski definition) is 2. The number of amides is 1. The Labute approximate surface area is 159 Å². The quantitative estimate of drug-likeness (QED) is 0.630. The minimum absolute atomic E-state index is 0.0339. The van der Waals surface area contributed by atoms with E-state index >= 15 is 0 Å². The van der Waals surface area contributed by atoms with E-state index in [1.54, 1.807) is 24.3 Å². The van der Waals surface area contributed by atoms with Crippen molar-refractivity contribution in [3.63, 3.8) is 0 Å². The third-order valence-electron chi connectivity index (χ3n) is 4.60. The van der Waals surface area contributed by atoms with Gasteiger partial charge in [0, 0.05) is 18.2 Å². The van der Waals surface area contributed by atoms with Crippen LogP contribution >= 0.6 is 0 Å². The van der Waals surface area contributed by atoms with Gasteiger partial charge in [-0.05, 0) is 18.6 Å². The van der Waals surface area contributed by atoms with E-state index in [-0.39, 0.29) is 46.0 Å². The van der Waals surface area contributed by atoms with E-state index in [4.69, 9.17) is 9.15 Å². The highest BCUT2D eigenvalue weighted by atomic mass is 32.2. The second-order valence-electron chi connectivity index (χ2n) is 6.70. The van der Waals surface area contributed by atoms with Crippen molar-refractivity contribution in [1.29, 1.82) is 0 Å². The van der Waals surface area contributed by atoms with Crippen LogP contribution in [0.2, 0.25) is 0 Å². The normalized spacial score (nSPS) is 18.4. The molecule has 0 radical (unpaired) electrons. The van der Waals surface area contributed by atoms with E-state index in [0.29, 0.717) is 17.4 Å². The van der Waals surface area contributed by atoms with Crippen molar-refractivity contribution in [1.82, 2.24) is 5.32 Å². The molecule has 146 valence electrons. The molecule has 4 rings (SSSR count). The van der Waals surface area contributed by atoms with Gasteiger partial charge in [-0.1, -0.05) is 12.1 Å². The molecule has 0 aliphatic carbocycles. The molecule has 28 heavy (non-hydrogen) atoms. The summed E-state index contributed by atoms with van der Waals surface area (Å²) in [7, 11) is -3.09. The topological polar surface area (TPSA) is 123 Å². The van der Waals surface area contributed by atoms with Crippen LogP contribution in [0.5, 0.6) is 11.5 Å². The predicted molar refractivity (Wildman–Crippen MR) is 102 cm³/mol. The van der Waals surface area contributed by atoms with Gasteiger partial charge in [0.1, 0.15) is 28.1 Å². The SMILES string of the molecule is O=C(COc1cc(O)c2c(=O)c3ccccc3oc2c1)NC1CCS(=O)(=O)C1.